The highest BCUT2D eigenvalue weighted by Crippen LogP contribution is 2.27. The van der Waals surface area contributed by atoms with Crippen molar-refractivity contribution in [3.63, 3.8) is 0 Å². The number of hydrogen-bond acceptors (Lipinski definition) is 5. The maximum Gasteiger partial charge on any atom is 0.276 e. The van der Waals surface area contributed by atoms with E-state index in [1.165, 1.54) is 0 Å². The molecule has 0 radical (unpaired) electrons. The zero-order valence-corrected chi connectivity index (χ0v) is 13.3. The van der Waals surface area contributed by atoms with Gasteiger partial charge in [0.1, 0.15) is 11.6 Å². The van der Waals surface area contributed by atoms with Crippen LogP contribution >= 0.6 is 15.9 Å². The number of aromatic nitrogens is 2. The van der Waals surface area contributed by atoms with Crippen LogP contribution in [-0.2, 0) is 0 Å². The highest BCUT2D eigenvalue weighted by molar-refractivity contribution is 9.10. The topological polar surface area (TPSA) is 76.1 Å². The standard InChI is InChI=1S/C14H15BrN4O2/c1-3-16-13-7-6-11(18-19-13)14(20)17-12-8-9(21-2)4-5-10(12)15/h4-8H,3H2,1-2H3,(H,16,19)(H,17,20). The predicted octanol–water partition coefficient (Wildman–Crippen LogP) is 2.93. The molecular weight excluding hydrogens is 336 g/mol. The first-order valence-corrected chi connectivity index (χ1v) is 7.16. The number of nitrogens with zero attached hydrogens (tertiary/aromatic N) is 2. The summed E-state index contributed by atoms with van der Waals surface area (Å²) in [6, 6.07) is 8.65. The Morgan fingerprint density at radius 3 is 2.71 bits per heavy atom. The zero-order chi connectivity index (χ0) is 15.2. The van der Waals surface area contributed by atoms with Crippen LogP contribution in [0.4, 0.5) is 11.5 Å². The minimum Gasteiger partial charge on any atom is -0.497 e. The van der Waals surface area contributed by atoms with Crippen LogP contribution in [0.15, 0.2) is 34.8 Å². The van der Waals surface area contributed by atoms with Crippen LogP contribution in [0, 0.1) is 0 Å². The lowest BCUT2D eigenvalue weighted by atomic mass is 10.3. The number of anilines is 2. The fourth-order valence-electron chi connectivity index (χ4n) is 1.64. The van der Waals surface area contributed by atoms with E-state index in [-0.39, 0.29) is 11.6 Å². The van der Waals surface area contributed by atoms with Gasteiger partial charge in [-0.05, 0) is 47.1 Å². The summed E-state index contributed by atoms with van der Waals surface area (Å²) in [5.74, 6) is 0.957. The lowest BCUT2D eigenvalue weighted by Crippen LogP contribution is -2.15. The lowest BCUT2D eigenvalue weighted by Gasteiger charge is -2.09. The van der Waals surface area contributed by atoms with Gasteiger partial charge >= 0.3 is 0 Å². The summed E-state index contributed by atoms with van der Waals surface area (Å²) in [6.45, 7) is 2.71. The summed E-state index contributed by atoms with van der Waals surface area (Å²) < 4.78 is 5.89. The van der Waals surface area contributed by atoms with Crippen LogP contribution in [0.1, 0.15) is 17.4 Å². The third-order valence-corrected chi connectivity index (χ3v) is 3.37. The third-order valence-electron chi connectivity index (χ3n) is 2.68. The van der Waals surface area contributed by atoms with Crippen molar-refractivity contribution < 1.29 is 9.53 Å². The van der Waals surface area contributed by atoms with E-state index in [1.54, 1.807) is 37.4 Å². The Hall–Kier alpha value is -2.15. The molecule has 0 spiro atoms. The van der Waals surface area contributed by atoms with Crippen molar-refractivity contribution in [3.05, 3.63) is 40.5 Å². The molecule has 1 amide bonds. The van der Waals surface area contributed by atoms with Gasteiger partial charge in [-0.25, -0.2) is 0 Å². The number of carbonyl (C=O) groups excluding carboxylic acids is 1. The van der Waals surface area contributed by atoms with Crippen LogP contribution in [0.3, 0.4) is 0 Å². The predicted molar refractivity (Wildman–Crippen MR) is 84.8 cm³/mol. The van der Waals surface area contributed by atoms with Gasteiger partial charge in [-0.3, -0.25) is 4.79 Å². The van der Waals surface area contributed by atoms with E-state index in [9.17, 15) is 4.79 Å². The van der Waals surface area contributed by atoms with Crippen LogP contribution in [0.5, 0.6) is 5.75 Å². The number of amides is 1. The highest BCUT2D eigenvalue weighted by Gasteiger charge is 2.11. The second kappa shape index (κ2) is 7.03. The minimum atomic E-state index is -0.334. The fraction of sp³-hybridized carbons (Fsp3) is 0.214. The molecule has 0 aliphatic rings. The average molecular weight is 351 g/mol. The molecule has 21 heavy (non-hydrogen) atoms. The van der Waals surface area contributed by atoms with Gasteiger partial charge in [0, 0.05) is 17.1 Å². The molecule has 0 unspecified atom stereocenters. The van der Waals surface area contributed by atoms with Gasteiger partial charge in [0.2, 0.25) is 0 Å². The number of hydrogen-bond donors (Lipinski definition) is 2. The van der Waals surface area contributed by atoms with Crippen molar-refractivity contribution in [1.29, 1.82) is 0 Å². The largest absolute Gasteiger partial charge is 0.497 e. The van der Waals surface area contributed by atoms with Crippen molar-refractivity contribution in [3.8, 4) is 5.75 Å². The van der Waals surface area contributed by atoms with Gasteiger partial charge < -0.3 is 15.4 Å². The van der Waals surface area contributed by atoms with Gasteiger partial charge in [-0.2, -0.15) is 0 Å². The van der Waals surface area contributed by atoms with E-state index in [1.807, 2.05) is 6.92 Å². The Labute approximate surface area is 131 Å². The molecule has 1 aromatic heterocycles. The normalized spacial score (nSPS) is 10.0. The number of ether oxygens (including phenoxy) is 1. The molecule has 0 bridgehead atoms. The van der Waals surface area contributed by atoms with E-state index < -0.39 is 0 Å². The number of rotatable bonds is 5. The highest BCUT2D eigenvalue weighted by atomic mass is 79.9. The lowest BCUT2D eigenvalue weighted by molar-refractivity contribution is 0.102. The van der Waals surface area contributed by atoms with E-state index >= 15 is 0 Å². The molecule has 2 N–H and O–H groups in total. The summed E-state index contributed by atoms with van der Waals surface area (Å²) in [7, 11) is 1.57. The quantitative estimate of drug-likeness (QED) is 0.866. The van der Waals surface area contributed by atoms with Crippen LogP contribution in [0.25, 0.3) is 0 Å². The van der Waals surface area contributed by atoms with Crippen molar-refractivity contribution in [2.24, 2.45) is 0 Å². The van der Waals surface area contributed by atoms with Gasteiger partial charge in [0.25, 0.3) is 5.91 Å². The van der Waals surface area contributed by atoms with Crippen molar-refractivity contribution in [2.45, 2.75) is 6.92 Å². The Kier molecular flexibility index (Phi) is 5.10. The Morgan fingerprint density at radius 1 is 1.29 bits per heavy atom. The molecule has 1 aromatic carbocycles. The third kappa shape index (κ3) is 3.91. The Bertz CT molecular complexity index is 631. The number of nitrogens with one attached hydrogen (secondary N) is 2. The smallest absolute Gasteiger partial charge is 0.276 e. The van der Waals surface area contributed by atoms with E-state index in [0.717, 1.165) is 11.0 Å². The summed E-state index contributed by atoms with van der Waals surface area (Å²) in [6.07, 6.45) is 0. The summed E-state index contributed by atoms with van der Waals surface area (Å²) >= 11 is 3.38. The molecule has 0 atom stereocenters. The number of halogens is 1. The van der Waals surface area contributed by atoms with Crippen molar-refractivity contribution in [1.82, 2.24) is 10.2 Å². The van der Waals surface area contributed by atoms with E-state index in [0.29, 0.717) is 17.3 Å². The zero-order valence-electron chi connectivity index (χ0n) is 11.7. The van der Waals surface area contributed by atoms with Gasteiger partial charge in [0.05, 0.1) is 12.8 Å². The van der Waals surface area contributed by atoms with E-state index in [4.69, 9.17) is 4.74 Å². The summed E-state index contributed by atoms with van der Waals surface area (Å²) in [5, 5.41) is 13.6. The molecule has 0 saturated heterocycles. The molecule has 7 heteroatoms. The molecule has 2 rings (SSSR count). The van der Waals surface area contributed by atoms with Gasteiger partial charge in [-0.1, -0.05) is 0 Å². The second-order valence-corrected chi connectivity index (χ2v) is 4.99. The molecule has 6 nitrogen and oxygen atoms in total. The molecule has 0 saturated carbocycles. The van der Waals surface area contributed by atoms with Crippen LogP contribution in [-0.4, -0.2) is 29.8 Å². The van der Waals surface area contributed by atoms with Crippen molar-refractivity contribution >= 4 is 33.3 Å². The first-order chi connectivity index (χ1) is 10.1. The summed E-state index contributed by atoms with van der Waals surface area (Å²) in [5.41, 5.74) is 0.850. The van der Waals surface area contributed by atoms with E-state index in [2.05, 4.69) is 36.8 Å². The first kappa shape index (κ1) is 15.2. The van der Waals surface area contributed by atoms with Gasteiger partial charge in [0.15, 0.2) is 5.69 Å². The maximum absolute atomic E-state index is 12.1. The minimum absolute atomic E-state index is 0.242. The Morgan fingerprint density at radius 2 is 2.10 bits per heavy atom. The van der Waals surface area contributed by atoms with Crippen LogP contribution in [0.2, 0.25) is 0 Å². The maximum atomic E-state index is 12.1. The number of benzene rings is 1. The second-order valence-electron chi connectivity index (χ2n) is 4.13. The van der Waals surface area contributed by atoms with Crippen molar-refractivity contribution in [2.75, 3.05) is 24.3 Å². The molecule has 0 aliphatic carbocycles. The molecular formula is C14H15BrN4O2. The SMILES string of the molecule is CCNc1ccc(C(=O)Nc2cc(OC)ccc2Br)nn1. The average Bonchev–Trinajstić information content (AvgIpc) is 2.50. The summed E-state index contributed by atoms with van der Waals surface area (Å²) in [4.78, 5) is 12.1. The van der Waals surface area contributed by atoms with Gasteiger partial charge in [-0.15, -0.1) is 10.2 Å². The monoisotopic (exact) mass is 350 g/mol. The Balaban J connectivity index is 2.14. The van der Waals surface area contributed by atoms with Crippen LogP contribution < -0.4 is 15.4 Å². The molecule has 1 heterocycles. The molecule has 0 aliphatic heterocycles. The molecule has 2 aromatic rings. The number of methoxy groups -OCH3 is 1. The fourth-order valence-corrected chi connectivity index (χ4v) is 1.99. The first-order valence-electron chi connectivity index (χ1n) is 6.36. The molecule has 0 fully saturated rings. The number of carbonyl (C=O) groups is 1. The molecule has 110 valence electrons.